The van der Waals surface area contributed by atoms with Gasteiger partial charge in [0, 0.05) is 6.54 Å². The van der Waals surface area contributed by atoms with E-state index in [2.05, 4.69) is 4.72 Å². The Morgan fingerprint density at radius 2 is 1.94 bits per heavy atom. The number of nitriles is 1. The molecule has 98 valence electrons. The summed E-state index contributed by atoms with van der Waals surface area (Å²) in [6.45, 7) is 3.31. The van der Waals surface area contributed by atoms with Crippen LogP contribution in [0.25, 0.3) is 0 Å². The highest BCUT2D eigenvalue weighted by molar-refractivity contribution is 7.89. The molecule has 0 saturated carbocycles. The minimum atomic E-state index is -3.69. The zero-order valence-corrected chi connectivity index (χ0v) is 12.2. The Morgan fingerprint density at radius 3 is 2.44 bits per heavy atom. The molecule has 0 aliphatic carbocycles. The van der Waals surface area contributed by atoms with Crippen molar-refractivity contribution in [1.29, 1.82) is 5.26 Å². The predicted molar refractivity (Wildman–Crippen MR) is 71.0 cm³/mol. The lowest BCUT2D eigenvalue weighted by Crippen LogP contribution is -2.33. The zero-order valence-electron chi connectivity index (χ0n) is 9.87. The molecule has 0 aliphatic heterocycles. The maximum atomic E-state index is 11.9. The van der Waals surface area contributed by atoms with Crippen molar-refractivity contribution in [3.8, 4) is 6.07 Å². The van der Waals surface area contributed by atoms with E-state index in [0.717, 1.165) is 0 Å². The summed E-state index contributed by atoms with van der Waals surface area (Å²) in [7, 11) is -3.69. The van der Waals surface area contributed by atoms with E-state index in [1.165, 1.54) is 18.2 Å². The fourth-order valence-corrected chi connectivity index (χ4v) is 2.64. The molecule has 0 aliphatic rings. The Hall–Kier alpha value is -0.800. The van der Waals surface area contributed by atoms with Crippen LogP contribution in [0.2, 0.25) is 10.0 Å². The Morgan fingerprint density at radius 1 is 1.33 bits per heavy atom. The van der Waals surface area contributed by atoms with E-state index < -0.39 is 15.4 Å². The van der Waals surface area contributed by atoms with Gasteiger partial charge in [-0.1, -0.05) is 23.2 Å². The molecular weight excluding hydrogens is 295 g/mol. The van der Waals surface area contributed by atoms with Crippen molar-refractivity contribution < 1.29 is 8.42 Å². The van der Waals surface area contributed by atoms with E-state index in [1.54, 1.807) is 13.8 Å². The van der Waals surface area contributed by atoms with E-state index in [1.807, 2.05) is 6.07 Å². The first-order valence-electron chi connectivity index (χ1n) is 5.04. The SMILES string of the molecule is CC(C)(C#N)CNS(=O)(=O)c1ccc(Cl)c(Cl)c1. The zero-order chi connectivity index (χ0) is 14.0. The van der Waals surface area contributed by atoms with E-state index in [9.17, 15) is 8.42 Å². The molecule has 0 unspecified atom stereocenters. The first kappa shape index (κ1) is 15.3. The Balaban J connectivity index is 2.94. The summed E-state index contributed by atoms with van der Waals surface area (Å²) in [5, 5.41) is 9.27. The summed E-state index contributed by atoms with van der Waals surface area (Å²) in [6.07, 6.45) is 0. The molecule has 7 heteroatoms. The van der Waals surface area contributed by atoms with Crippen molar-refractivity contribution in [3.05, 3.63) is 28.2 Å². The summed E-state index contributed by atoms with van der Waals surface area (Å²) in [4.78, 5) is 0.0191. The molecule has 1 aromatic rings. The summed E-state index contributed by atoms with van der Waals surface area (Å²) in [6, 6.07) is 6.05. The maximum absolute atomic E-state index is 11.9. The Kier molecular flexibility index (Phi) is 4.62. The van der Waals surface area contributed by atoms with Gasteiger partial charge in [-0.2, -0.15) is 5.26 Å². The van der Waals surface area contributed by atoms with Gasteiger partial charge in [0.1, 0.15) is 0 Å². The maximum Gasteiger partial charge on any atom is 0.240 e. The third-order valence-electron chi connectivity index (χ3n) is 2.21. The van der Waals surface area contributed by atoms with Gasteiger partial charge in [-0.05, 0) is 32.0 Å². The van der Waals surface area contributed by atoms with Crippen molar-refractivity contribution in [1.82, 2.24) is 4.72 Å². The van der Waals surface area contributed by atoms with Crippen molar-refractivity contribution in [3.63, 3.8) is 0 Å². The van der Waals surface area contributed by atoms with E-state index in [0.29, 0.717) is 0 Å². The van der Waals surface area contributed by atoms with E-state index >= 15 is 0 Å². The van der Waals surface area contributed by atoms with Gasteiger partial charge in [-0.15, -0.1) is 0 Å². The number of benzene rings is 1. The summed E-state index contributed by atoms with van der Waals surface area (Å²) in [5.41, 5.74) is -0.775. The van der Waals surface area contributed by atoms with Crippen LogP contribution >= 0.6 is 23.2 Å². The lowest BCUT2D eigenvalue weighted by atomic mass is 9.97. The molecular formula is C11H12Cl2N2O2S. The van der Waals surface area contributed by atoms with Crippen LogP contribution in [0.15, 0.2) is 23.1 Å². The molecule has 0 aromatic heterocycles. The average molecular weight is 307 g/mol. The topological polar surface area (TPSA) is 70.0 Å². The fourth-order valence-electron chi connectivity index (χ4n) is 1.04. The van der Waals surface area contributed by atoms with Crippen LogP contribution in [0, 0.1) is 16.7 Å². The van der Waals surface area contributed by atoms with E-state index in [4.69, 9.17) is 28.5 Å². The molecule has 1 N–H and O–H groups in total. The van der Waals surface area contributed by atoms with Crippen LogP contribution in [-0.2, 0) is 10.0 Å². The second-order valence-electron chi connectivity index (χ2n) is 4.40. The summed E-state index contributed by atoms with van der Waals surface area (Å²) in [5.74, 6) is 0. The number of sulfonamides is 1. The van der Waals surface area contributed by atoms with Crippen LogP contribution in [0.4, 0.5) is 0 Å². The van der Waals surface area contributed by atoms with Crippen LogP contribution in [0.1, 0.15) is 13.8 Å². The van der Waals surface area contributed by atoms with Gasteiger partial charge >= 0.3 is 0 Å². The number of halogens is 2. The quantitative estimate of drug-likeness (QED) is 0.930. The van der Waals surface area contributed by atoms with Crippen LogP contribution in [0.3, 0.4) is 0 Å². The van der Waals surface area contributed by atoms with E-state index in [-0.39, 0.29) is 21.5 Å². The first-order valence-corrected chi connectivity index (χ1v) is 7.28. The molecule has 0 atom stereocenters. The Labute approximate surface area is 117 Å². The monoisotopic (exact) mass is 306 g/mol. The highest BCUT2D eigenvalue weighted by atomic mass is 35.5. The van der Waals surface area contributed by atoms with Gasteiger partial charge in [0.15, 0.2) is 0 Å². The third-order valence-corrected chi connectivity index (χ3v) is 4.35. The van der Waals surface area contributed by atoms with Crippen LogP contribution in [0.5, 0.6) is 0 Å². The van der Waals surface area contributed by atoms with Gasteiger partial charge in [-0.25, -0.2) is 13.1 Å². The van der Waals surface area contributed by atoms with Crippen LogP contribution in [-0.4, -0.2) is 15.0 Å². The Bertz CT molecular complexity index is 592. The number of nitrogens with one attached hydrogen (secondary N) is 1. The van der Waals surface area contributed by atoms with Gasteiger partial charge in [0.05, 0.1) is 26.4 Å². The molecule has 0 heterocycles. The van der Waals surface area contributed by atoms with Crippen molar-refractivity contribution in [2.24, 2.45) is 5.41 Å². The summed E-state index contributed by atoms with van der Waals surface area (Å²) < 4.78 is 26.2. The lowest BCUT2D eigenvalue weighted by Gasteiger charge is -2.16. The minimum Gasteiger partial charge on any atom is -0.210 e. The fraction of sp³-hybridized carbons (Fsp3) is 0.364. The third kappa shape index (κ3) is 3.85. The second kappa shape index (κ2) is 5.45. The van der Waals surface area contributed by atoms with Gasteiger partial charge in [-0.3, -0.25) is 0 Å². The molecule has 0 spiro atoms. The number of hydrogen-bond acceptors (Lipinski definition) is 3. The molecule has 0 fully saturated rings. The number of hydrogen-bond donors (Lipinski definition) is 1. The molecule has 1 rings (SSSR count). The number of nitrogens with zero attached hydrogens (tertiary/aromatic N) is 1. The van der Waals surface area contributed by atoms with Crippen LogP contribution < -0.4 is 4.72 Å². The molecule has 4 nitrogen and oxygen atoms in total. The average Bonchev–Trinajstić information content (AvgIpc) is 2.30. The number of rotatable bonds is 4. The van der Waals surface area contributed by atoms with Gasteiger partial charge in [0.25, 0.3) is 0 Å². The highest BCUT2D eigenvalue weighted by Crippen LogP contribution is 2.25. The highest BCUT2D eigenvalue weighted by Gasteiger charge is 2.22. The van der Waals surface area contributed by atoms with Crippen molar-refractivity contribution >= 4 is 33.2 Å². The molecule has 0 amide bonds. The molecule has 0 saturated heterocycles. The molecule has 0 radical (unpaired) electrons. The smallest absolute Gasteiger partial charge is 0.210 e. The predicted octanol–water partition coefficient (Wildman–Crippen LogP) is 2.82. The van der Waals surface area contributed by atoms with Gasteiger partial charge in [0.2, 0.25) is 10.0 Å². The molecule has 18 heavy (non-hydrogen) atoms. The standard InChI is InChI=1S/C11H12Cl2N2O2S/c1-11(2,6-14)7-15-18(16,17)8-3-4-9(12)10(13)5-8/h3-5,15H,7H2,1-2H3. The largest absolute Gasteiger partial charge is 0.240 e. The van der Waals surface area contributed by atoms with Crippen molar-refractivity contribution in [2.45, 2.75) is 18.7 Å². The normalized spacial score (nSPS) is 12.2. The molecule has 0 bridgehead atoms. The second-order valence-corrected chi connectivity index (χ2v) is 6.98. The molecule has 1 aromatic carbocycles. The van der Waals surface area contributed by atoms with Gasteiger partial charge < -0.3 is 0 Å². The minimum absolute atomic E-state index is 0.0191. The lowest BCUT2D eigenvalue weighted by molar-refractivity contribution is 0.479. The first-order chi connectivity index (χ1) is 8.18. The van der Waals surface area contributed by atoms with Crippen molar-refractivity contribution in [2.75, 3.05) is 6.54 Å². The summed E-state index contributed by atoms with van der Waals surface area (Å²) >= 11 is 11.5.